The second-order valence-corrected chi connectivity index (χ2v) is 10.4. The van der Waals surface area contributed by atoms with Gasteiger partial charge in [-0.2, -0.15) is 4.98 Å². The maximum Gasteiger partial charge on any atom is 0.303 e. The lowest BCUT2D eigenvalue weighted by molar-refractivity contribution is -0.157. The lowest BCUT2D eigenvalue weighted by atomic mass is 9.72. The molecule has 4 rings (SSSR count). The van der Waals surface area contributed by atoms with E-state index in [-0.39, 0.29) is 24.3 Å². The van der Waals surface area contributed by atoms with Crippen LogP contribution in [0.3, 0.4) is 0 Å². The smallest absolute Gasteiger partial charge is 0.303 e. The summed E-state index contributed by atoms with van der Waals surface area (Å²) in [6.07, 6.45) is -1.64. The highest BCUT2D eigenvalue weighted by molar-refractivity contribution is 6.30. The number of aliphatic hydroxyl groups excluding tert-OH is 1. The molecular weight excluding hydrogens is 526 g/mol. The number of aromatic nitrogens is 2. The Balaban J connectivity index is 1.54. The second-order valence-electron chi connectivity index (χ2n) is 9.92. The fourth-order valence-corrected chi connectivity index (χ4v) is 4.97. The maximum absolute atomic E-state index is 13.0. The van der Waals surface area contributed by atoms with Crippen molar-refractivity contribution in [2.45, 2.75) is 52.4 Å². The molecule has 1 saturated heterocycles. The van der Waals surface area contributed by atoms with E-state index in [1.54, 1.807) is 56.2 Å². The molecular formula is C28H32ClN3O7. The number of benzene rings is 2. The Hall–Kier alpha value is -3.63. The highest BCUT2D eigenvalue weighted by atomic mass is 35.5. The van der Waals surface area contributed by atoms with E-state index in [9.17, 15) is 14.7 Å². The molecule has 0 bridgehead atoms. The van der Waals surface area contributed by atoms with Crippen molar-refractivity contribution >= 4 is 23.5 Å². The summed E-state index contributed by atoms with van der Waals surface area (Å²) < 4.78 is 22.0. The summed E-state index contributed by atoms with van der Waals surface area (Å²) in [5.74, 6) is 0.590. The van der Waals surface area contributed by atoms with E-state index in [1.807, 2.05) is 19.1 Å². The van der Waals surface area contributed by atoms with E-state index in [0.717, 1.165) is 11.1 Å². The van der Waals surface area contributed by atoms with Crippen molar-refractivity contribution < 1.29 is 33.4 Å². The second kappa shape index (κ2) is 11.6. The van der Waals surface area contributed by atoms with Crippen LogP contribution in [0.5, 0.6) is 11.5 Å². The molecule has 39 heavy (non-hydrogen) atoms. The zero-order valence-electron chi connectivity index (χ0n) is 22.5. The Kier molecular flexibility index (Phi) is 8.46. The Labute approximate surface area is 231 Å². The van der Waals surface area contributed by atoms with Gasteiger partial charge in [-0.15, -0.1) is 0 Å². The number of carbonyl (C=O) groups excluding carboxylic acids is 2. The molecule has 2 aromatic carbocycles. The molecule has 0 radical (unpaired) electrons. The van der Waals surface area contributed by atoms with Crippen molar-refractivity contribution in [3.63, 3.8) is 0 Å². The first-order valence-corrected chi connectivity index (χ1v) is 12.9. The molecule has 1 amide bonds. The lowest BCUT2D eigenvalue weighted by Crippen LogP contribution is -2.41. The number of rotatable bonds is 9. The molecule has 0 saturated carbocycles. The van der Waals surface area contributed by atoms with Gasteiger partial charge in [0, 0.05) is 41.9 Å². The molecule has 2 heterocycles. The number of hydrogen-bond donors (Lipinski definition) is 1. The van der Waals surface area contributed by atoms with Crippen molar-refractivity contribution in [3.05, 3.63) is 58.9 Å². The number of halogens is 1. The van der Waals surface area contributed by atoms with Crippen molar-refractivity contribution in [1.82, 2.24) is 15.0 Å². The monoisotopic (exact) mass is 557 g/mol. The van der Waals surface area contributed by atoms with E-state index in [1.165, 1.54) is 6.92 Å². The number of hydrogen-bond acceptors (Lipinski definition) is 9. The molecule has 10 nitrogen and oxygen atoms in total. The van der Waals surface area contributed by atoms with Gasteiger partial charge >= 0.3 is 5.97 Å². The quantitative estimate of drug-likeness (QED) is 0.384. The minimum absolute atomic E-state index is 0.00323. The fraction of sp³-hybridized carbons (Fsp3) is 0.429. The maximum atomic E-state index is 13.0. The van der Waals surface area contributed by atoms with Crippen molar-refractivity contribution in [2.75, 3.05) is 20.2 Å². The van der Waals surface area contributed by atoms with Crippen LogP contribution < -0.4 is 9.47 Å². The Morgan fingerprint density at radius 2 is 1.92 bits per heavy atom. The molecule has 208 valence electrons. The van der Waals surface area contributed by atoms with Crippen LogP contribution in [0.4, 0.5) is 0 Å². The van der Waals surface area contributed by atoms with Crippen LogP contribution >= 0.6 is 11.6 Å². The lowest BCUT2D eigenvalue weighted by Gasteiger charge is -2.34. The topological polar surface area (TPSA) is 124 Å². The number of aliphatic hydroxyl groups is 1. The predicted molar refractivity (Wildman–Crippen MR) is 142 cm³/mol. The predicted octanol–water partition coefficient (Wildman–Crippen LogP) is 4.24. The van der Waals surface area contributed by atoms with Crippen LogP contribution in [0.1, 0.15) is 45.1 Å². The zero-order valence-corrected chi connectivity index (χ0v) is 23.3. The van der Waals surface area contributed by atoms with Gasteiger partial charge in [0.1, 0.15) is 0 Å². The van der Waals surface area contributed by atoms with E-state index in [2.05, 4.69) is 10.1 Å². The summed E-state index contributed by atoms with van der Waals surface area (Å²) in [5, 5.41) is 15.4. The van der Waals surface area contributed by atoms with Crippen molar-refractivity contribution in [2.24, 2.45) is 5.41 Å². The number of esters is 1. The highest BCUT2D eigenvalue weighted by Gasteiger charge is 2.49. The van der Waals surface area contributed by atoms with E-state index >= 15 is 0 Å². The van der Waals surface area contributed by atoms with Gasteiger partial charge < -0.3 is 28.7 Å². The number of carbonyl (C=O) groups is 2. The van der Waals surface area contributed by atoms with E-state index in [4.69, 9.17) is 30.3 Å². The zero-order chi connectivity index (χ0) is 28.3. The van der Waals surface area contributed by atoms with Gasteiger partial charge in [-0.3, -0.25) is 9.59 Å². The SMILES string of the molecule is COc1ccc(C2CN(C(=O)[C@H](C)OC(C)=O)CC2(C)C(C)O)cc1OCc1nc(-c2ccc(Cl)cc2)no1. The minimum Gasteiger partial charge on any atom is -0.493 e. The number of nitrogens with zero attached hydrogens (tertiary/aromatic N) is 3. The van der Waals surface area contributed by atoms with Gasteiger partial charge in [-0.1, -0.05) is 29.7 Å². The van der Waals surface area contributed by atoms with Gasteiger partial charge in [0.05, 0.1) is 13.2 Å². The van der Waals surface area contributed by atoms with Gasteiger partial charge in [0.25, 0.3) is 11.8 Å². The number of methoxy groups -OCH3 is 1. The van der Waals surface area contributed by atoms with Gasteiger partial charge in [-0.25, -0.2) is 0 Å². The molecule has 4 atom stereocenters. The van der Waals surface area contributed by atoms with Crippen LogP contribution in [0.2, 0.25) is 5.02 Å². The summed E-state index contributed by atoms with van der Waals surface area (Å²) in [6.45, 7) is 7.11. The van der Waals surface area contributed by atoms with Gasteiger partial charge in [0.15, 0.2) is 24.2 Å². The molecule has 1 fully saturated rings. The molecule has 0 spiro atoms. The number of amides is 1. The fourth-order valence-electron chi connectivity index (χ4n) is 4.84. The third-order valence-electron chi connectivity index (χ3n) is 7.20. The van der Waals surface area contributed by atoms with E-state index in [0.29, 0.717) is 35.4 Å². The van der Waals surface area contributed by atoms with Crippen LogP contribution in [0, 0.1) is 5.41 Å². The normalized spacial score (nSPS) is 20.4. The summed E-state index contributed by atoms with van der Waals surface area (Å²) in [7, 11) is 1.54. The molecule has 3 unspecified atom stereocenters. The molecule has 1 N–H and O–H groups in total. The van der Waals surface area contributed by atoms with Crippen LogP contribution in [-0.4, -0.2) is 64.4 Å². The summed E-state index contributed by atoms with van der Waals surface area (Å²) >= 11 is 5.95. The summed E-state index contributed by atoms with van der Waals surface area (Å²) in [4.78, 5) is 30.4. The Morgan fingerprint density at radius 3 is 2.56 bits per heavy atom. The summed E-state index contributed by atoms with van der Waals surface area (Å²) in [5.41, 5.74) is 0.962. The average molecular weight is 558 g/mol. The molecule has 0 aliphatic carbocycles. The van der Waals surface area contributed by atoms with Crippen LogP contribution in [-0.2, 0) is 20.9 Å². The standard InChI is InChI=1S/C28H32ClN3O7/c1-16(38-18(3)34)27(35)32-13-22(28(4,15-32)17(2)33)20-8-11-23(36-5)24(12-20)37-14-25-30-26(31-39-25)19-6-9-21(29)10-7-19/h6-12,16-17,22,33H,13-15H2,1-5H3/t16-,17?,22?,28?/m0/s1. The molecule has 3 aromatic rings. The highest BCUT2D eigenvalue weighted by Crippen LogP contribution is 2.47. The number of ether oxygens (including phenoxy) is 3. The third-order valence-corrected chi connectivity index (χ3v) is 7.45. The molecule has 1 aliphatic heterocycles. The van der Waals surface area contributed by atoms with Crippen LogP contribution in [0.25, 0.3) is 11.4 Å². The third kappa shape index (κ3) is 6.17. The molecule has 1 aliphatic rings. The van der Waals surface area contributed by atoms with Gasteiger partial charge in [0.2, 0.25) is 5.82 Å². The van der Waals surface area contributed by atoms with Crippen molar-refractivity contribution in [1.29, 1.82) is 0 Å². The minimum atomic E-state index is -0.915. The van der Waals surface area contributed by atoms with E-state index < -0.39 is 23.6 Å². The largest absolute Gasteiger partial charge is 0.493 e. The summed E-state index contributed by atoms with van der Waals surface area (Å²) in [6, 6.07) is 12.6. The van der Waals surface area contributed by atoms with Gasteiger partial charge in [-0.05, 0) is 55.8 Å². The Morgan fingerprint density at radius 1 is 1.21 bits per heavy atom. The molecule has 11 heteroatoms. The first kappa shape index (κ1) is 28.4. The first-order valence-electron chi connectivity index (χ1n) is 12.5. The Bertz CT molecular complexity index is 1330. The first-order chi connectivity index (χ1) is 18.5. The van der Waals surface area contributed by atoms with Crippen LogP contribution in [0.15, 0.2) is 47.0 Å². The number of likely N-dealkylation sites (tertiary alicyclic amines) is 1. The van der Waals surface area contributed by atoms with Crippen molar-refractivity contribution in [3.8, 4) is 22.9 Å². The average Bonchev–Trinajstić information content (AvgIpc) is 3.52. The molecule has 1 aromatic heterocycles.